The Balaban J connectivity index is 1.43. The first kappa shape index (κ1) is 21.9. The second kappa shape index (κ2) is 9.89. The van der Waals surface area contributed by atoms with Gasteiger partial charge in [-0.15, -0.1) is 9.24 Å². The molecule has 31 heavy (non-hydrogen) atoms. The summed E-state index contributed by atoms with van der Waals surface area (Å²) in [5.41, 5.74) is 10.5. The highest BCUT2D eigenvalue weighted by Gasteiger charge is 2.23. The molecule has 1 heterocycles. The normalized spacial score (nSPS) is 20.3. The highest BCUT2D eigenvalue weighted by molar-refractivity contribution is 7.27. The zero-order valence-electron chi connectivity index (χ0n) is 17.9. The monoisotopic (exact) mass is 436 g/mol. The Labute approximate surface area is 186 Å². The van der Waals surface area contributed by atoms with Gasteiger partial charge in [-0.05, 0) is 66.6 Å². The van der Waals surface area contributed by atoms with Gasteiger partial charge in [-0.25, -0.2) is 4.39 Å². The second-order valence-corrected chi connectivity index (χ2v) is 9.04. The fourth-order valence-corrected chi connectivity index (χ4v) is 4.30. The fraction of sp³-hybridized carbons (Fsp3) is 0.346. The zero-order valence-corrected chi connectivity index (χ0v) is 19.1. The summed E-state index contributed by atoms with van der Waals surface area (Å²) in [6.07, 6.45) is 10.0. The molecule has 1 aliphatic carbocycles. The molecule has 1 fully saturated rings. The molecule has 2 aromatic rings. The lowest BCUT2D eigenvalue weighted by molar-refractivity contribution is 0.0887. The summed E-state index contributed by atoms with van der Waals surface area (Å²) in [5.74, 6) is 0.551. The molecule has 1 aliphatic heterocycles. The average molecular weight is 437 g/mol. The molecule has 0 radical (unpaired) electrons. The van der Waals surface area contributed by atoms with Crippen LogP contribution < -0.4 is 11.0 Å². The maximum Gasteiger partial charge on any atom is 0.132 e. The smallest absolute Gasteiger partial charge is 0.132 e. The van der Waals surface area contributed by atoms with Crippen LogP contribution in [0, 0.1) is 11.7 Å². The van der Waals surface area contributed by atoms with E-state index in [0.717, 1.165) is 53.1 Å². The third-order valence-corrected chi connectivity index (χ3v) is 6.43. The molecule has 0 aromatic heterocycles. The summed E-state index contributed by atoms with van der Waals surface area (Å²) in [5, 5.41) is 0.856. The highest BCUT2D eigenvalue weighted by atomic mass is 31.0. The molecule has 0 saturated heterocycles. The quantitative estimate of drug-likeness (QED) is 0.450. The van der Waals surface area contributed by atoms with Gasteiger partial charge >= 0.3 is 0 Å². The van der Waals surface area contributed by atoms with Crippen LogP contribution in [-0.2, 0) is 4.74 Å². The van der Waals surface area contributed by atoms with Crippen LogP contribution in [0.3, 0.4) is 0 Å². The van der Waals surface area contributed by atoms with Crippen LogP contribution in [0.25, 0.3) is 5.57 Å². The van der Waals surface area contributed by atoms with E-state index in [0.29, 0.717) is 5.56 Å². The van der Waals surface area contributed by atoms with E-state index < -0.39 is 0 Å². The molecule has 4 rings (SSSR count). The summed E-state index contributed by atoms with van der Waals surface area (Å²) < 4.78 is 20.2. The average Bonchev–Trinajstić information content (AvgIpc) is 3.48. The first-order valence-corrected chi connectivity index (χ1v) is 11.6. The third-order valence-electron chi connectivity index (χ3n) is 5.95. The third kappa shape index (κ3) is 5.50. The van der Waals surface area contributed by atoms with Gasteiger partial charge in [0.25, 0.3) is 0 Å². The molecule has 1 saturated carbocycles. The van der Waals surface area contributed by atoms with Crippen molar-refractivity contribution in [3.8, 4) is 0 Å². The summed E-state index contributed by atoms with van der Waals surface area (Å²) in [7, 11) is 2.61. The minimum absolute atomic E-state index is 0.0600. The van der Waals surface area contributed by atoms with Gasteiger partial charge in [0.2, 0.25) is 0 Å². The SMILES string of the molecule is CC(/C=C\C(=C/N)c1ccc(C2CCC(c3c(F)cccc3P)=N2)cc1)OCC1CC1. The van der Waals surface area contributed by atoms with E-state index in [9.17, 15) is 4.39 Å². The minimum atomic E-state index is -0.206. The van der Waals surface area contributed by atoms with Crippen molar-refractivity contribution in [2.75, 3.05) is 6.61 Å². The molecule has 2 aromatic carbocycles. The van der Waals surface area contributed by atoms with Gasteiger partial charge in [-0.3, -0.25) is 4.99 Å². The molecule has 162 valence electrons. The van der Waals surface area contributed by atoms with Crippen LogP contribution in [0.1, 0.15) is 55.3 Å². The van der Waals surface area contributed by atoms with Crippen molar-refractivity contribution in [2.24, 2.45) is 16.6 Å². The molecule has 0 bridgehead atoms. The maximum absolute atomic E-state index is 14.3. The number of aliphatic imine (C=N–C) groups is 1. The Hall–Kier alpha value is -2.29. The van der Waals surface area contributed by atoms with Crippen molar-refractivity contribution in [2.45, 2.75) is 44.8 Å². The van der Waals surface area contributed by atoms with Crippen molar-refractivity contribution in [1.29, 1.82) is 0 Å². The van der Waals surface area contributed by atoms with Gasteiger partial charge in [0.05, 0.1) is 18.8 Å². The van der Waals surface area contributed by atoms with E-state index in [1.807, 2.05) is 12.1 Å². The molecule has 3 nitrogen and oxygen atoms in total. The Morgan fingerprint density at radius 1 is 1.23 bits per heavy atom. The van der Waals surface area contributed by atoms with Crippen LogP contribution in [0.2, 0.25) is 0 Å². The van der Waals surface area contributed by atoms with E-state index >= 15 is 0 Å². The lowest BCUT2D eigenvalue weighted by Crippen LogP contribution is -2.11. The van der Waals surface area contributed by atoms with Gasteiger partial charge in [0.15, 0.2) is 0 Å². The van der Waals surface area contributed by atoms with E-state index in [-0.39, 0.29) is 18.0 Å². The standard InChI is InChI=1S/C26H30FN2OP/c1-17(30-16-18-6-7-18)5-8-21(15-28)19-9-11-20(12-10-19)23-13-14-24(29-23)26-22(27)3-2-4-25(26)31/h2-5,8-12,15,17-18,23H,6-7,13-14,16,28,31H2,1H3/b8-5-,21-15+. The number of allylic oxidation sites excluding steroid dienone is 2. The van der Waals surface area contributed by atoms with Gasteiger partial charge in [-0.1, -0.05) is 48.6 Å². The lowest BCUT2D eigenvalue weighted by Gasteiger charge is -2.10. The summed E-state index contributed by atoms with van der Waals surface area (Å²) in [6.45, 7) is 2.90. The minimum Gasteiger partial charge on any atom is -0.404 e. The van der Waals surface area contributed by atoms with E-state index in [4.69, 9.17) is 15.5 Å². The van der Waals surface area contributed by atoms with Crippen LogP contribution in [-0.4, -0.2) is 18.4 Å². The Kier molecular flexibility index (Phi) is 6.99. The zero-order chi connectivity index (χ0) is 21.8. The summed E-state index contributed by atoms with van der Waals surface area (Å²) in [4.78, 5) is 4.84. The van der Waals surface area contributed by atoms with Gasteiger partial charge in [0.1, 0.15) is 5.82 Å². The number of hydrogen-bond donors (Lipinski definition) is 1. The summed E-state index contributed by atoms with van der Waals surface area (Å²) in [6, 6.07) is 13.5. The van der Waals surface area contributed by atoms with E-state index in [1.54, 1.807) is 12.3 Å². The Bertz CT molecular complexity index is 988. The second-order valence-electron chi connectivity index (χ2n) is 8.42. The van der Waals surface area contributed by atoms with Crippen molar-refractivity contribution in [3.05, 3.63) is 83.3 Å². The molecule has 0 spiro atoms. The highest BCUT2D eigenvalue weighted by Crippen LogP contribution is 2.32. The molecular weight excluding hydrogens is 406 g/mol. The van der Waals surface area contributed by atoms with Crippen molar-refractivity contribution in [1.82, 2.24) is 0 Å². The first-order valence-electron chi connectivity index (χ1n) is 11.0. The maximum atomic E-state index is 14.3. The van der Waals surface area contributed by atoms with Crippen molar-refractivity contribution in [3.63, 3.8) is 0 Å². The van der Waals surface area contributed by atoms with Crippen LogP contribution in [0.4, 0.5) is 4.39 Å². The largest absolute Gasteiger partial charge is 0.404 e. The van der Waals surface area contributed by atoms with Crippen LogP contribution in [0.5, 0.6) is 0 Å². The van der Waals surface area contributed by atoms with E-state index in [1.165, 1.54) is 18.9 Å². The van der Waals surface area contributed by atoms with E-state index in [2.05, 4.69) is 46.5 Å². The molecule has 2 aliphatic rings. The fourth-order valence-electron chi connectivity index (χ4n) is 3.88. The van der Waals surface area contributed by atoms with Gasteiger partial charge < -0.3 is 10.5 Å². The molecule has 2 N–H and O–H groups in total. The molecule has 3 atom stereocenters. The number of ether oxygens (including phenoxy) is 1. The molecule has 0 amide bonds. The number of benzene rings is 2. The van der Waals surface area contributed by atoms with Crippen LogP contribution >= 0.6 is 9.24 Å². The van der Waals surface area contributed by atoms with Crippen LogP contribution in [0.15, 0.2) is 65.8 Å². The predicted molar refractivity (Wildman–Crippen MR) is 130 cm³/mol. The first-order chi connectivity index (χ1) is 15.0. The Morgan fingerprint density at radius 2 is 2.00 bits per heavy atom. The number of hydrogen-bond acceptors (Lipinski definition) is 3. The number of nitrogens with two attached hydrogens (primary N) is 1. The van der Waals surface area contributed by atoms with Gasteiger partial charge in [-0.2, -0.15) is 0 Å². The number of halogens is 1. The van der Waals surface area contributed by atoms with Crippen molar-refractivity contribution >= 4 is 25.8 Å². The predicted octanol–water partition coefficient (Wildman–Crippen LogP) is 5.32. The molecule has 5 heteroatoms. The lowest BCUT2D eigenvalue weighted by atomic mass is 9.99. The Morgan fingerprint density at radius 3 is 2.68 bits per heavy atom. The number of nitrogens with zero attached hydrogens (tertiary/aromatic N) is 1. The summed E-state index contributed by atoms with van der Waals surface area (Å²) >= 11 is 0. The topological polar surface area (TPSA) is 47.6 Å². The molecule has 3 unspecified atom stereocenters. The van der Waals surface area contributed by atoms with Crippen molar-refractivity contribution < 1.29 is 9.13 Å². The number of rotatable bonds is 8. The molecular formula is C26H30FN2OP. The van der Waals surface area contributed by atoms with Gasteiger partial charge in [0, 0.05) is 17.5 Å².